The van der Waals surface area contributed by atoms with Gasteiger partial charge in [-0.25, -0.2) is 0 Å². The number of fused-ring (bicyclic) bond motifs is 1. The van der Waals surface area contributed by atoms with Gasteiger partial charge in [-0.15, -0.1) is 12.4 Å². The van der Waals surface area contributed by atoms with Crippen LogP contribution in [0, 0.1) is 6.92 Å². The zero-order valence-corrected chi connectivity index (χ0v) is 13.0. The summed E-state index contributed by atoms with van der Waals surface area (Å²) in [6.45, 7) is 3.97. The fourth-order valence-corrected chi connectivity index (χ4v) is 2.49. The largest absolute Gasteiger partial charge is 0.348 e. The number of hydrogen-bond donors (Lipinski definition) is 3. The fraction of sp³-hybridized carbons (Fsp3) is 0.250. The number of aromatic nitrogens is 1. The third-order valence-corrected chi connectivity index (χ3v) is 3.65. The quantitative estimate of drug-likeness (QED) is 0.805. The van der Waals surface area contributed by atoms with Gasteiger partial charge in [0.1, 0.15) is 5.56 Å². The Bertz CT molecular complexity index is 755. The maximum absolute atomic E-state index is 12.0. The van der Waals surface area contributed by atoms with Crippen molar-refractivity contribution in [1.82, 2.24) is 15.6 Å². The lowest BCUT2D eigenvalue weighted by Crippen LogP contribution is -2.29. The summed E-state index contributed by atoms with van der Waals surface area (Å²) in [5.41, 5.74) is 4.14. The first-order chi connectivity index (χ1) is 10.1. The van der Waals surface area contributed by atoms with Crippen LogP contribution in [-0.2, 0) is 19.6 Å². The Morgan fingerprint density at radius 2 is 1.95 bits per heavy atom. The standard InChI is InChI=1S/C16H17N3O2.ClH/c1-10-2-5-14(16(21)19-10)15(20)18-7-11-3-4-12-8-17-9-13(12)6-11;/h2-6,17H,7-9H2,1H3,(H,18,20)(H,19,21);1H. The molecule has 1 aliphatic heterocycles. The van der Waals surface area contributed by atoms with Crippen LogP contribution in [0.1, 0.15) is 32.7 Å². The highest BCUT2D eigenvalue weighted by Gasteiger charge is 2.12. The summed E-state index contributed by atoms with van der Waals surface area (Å²) in [7, 11) is 0. The highest BCUT2D eigenvalue weighted by atomic mass is 35.5. The minimum atomic E-state index is -0.356. The number of halogens is 1. The number of rotatable bonds is 3. The van der Waals surface area contributed by atoms with Crippen LogP contribution in [0.25, 0.3) is 0 Å². The van der Waals surface area contributed by atoms with Crippen molar-refractivity contribution in [2.45, 2.75) is 26.6 Å². The number of pyridine rings is 1. The van der Waals surface area contributed by atoms with Crippen molar-refractivity contribution in [2.24, 2.45) is 0 Å². The number of aromatic amines is 1. The Balaban J connectivity index is 0.00000176. The van der Waals surface area contributed by atoms with E-state index in [4.69, 9.17) is 0 Å². The summed E-state index contributed by atoms with van der Waals surface area (Å²) in [4.78, 5) is 26.4. The maximum Gasteiger partial charge on any atom is 0.260 e. The van der Waals surface area contributed by atoms with E-state index in [1.54, 1.807) is 19.1 Å². The number of carbonyl (C=O) groups excluding carboxylic acids is 1. The molecule has 1 aromatic heterocycles. The lowest BCUT2D eigenvalue weighted by molar-refractivity contribution is 0.0949. The molecule has 3 N–H and O–H groups in total. The molecule has 0 atom stereocenters. The predicted molar refractivity (Wildman–Crippen MR) is 87.2 cm³/mol. The first-order valence-corrected chi connectivity index (χ1v) is 6.93. The van der Waals surface area contributed by atoms with Crippen LogP contribution in [0.4, 0.5) is 0 Å². The Morgan fingerprint density at radius 1 is 1.18 bits per heavy atom. The molecule has 5 nitrogen and oxygen atoms in total. The molecule has 0 saturated heterocycles. The lowest BCUT2D eigenvalue weighted by Gasteiger charge is -2.07. The number of amides is 1. The number of carbonyl (C=O) groups is 1. The molecular formula is C16H18ClN3O2. The summed E-state index contributed by atoms with van der Waals surface area (Å²) in [5.74, 6) is -0.352. The molecule has 22 heavy (non-hydrogen) atoms. The van der Waals surface area contributed by atoms with Crippen molar-refractivity contribution in [3.05, 3.63) is 68.6 Å². The number of hydrogen-bond acceptors (Lipinski definition) is 3. The highest BCUT2D eigenvalue weighted by Crippen LogP contribution is 2.16. The van der Waals surface area contributed by atoms with Gasteiger partial charge in [-0.05, 0) is 35.7 Å². The average molecular weight is 320 g/mol. The number of aryl methyl sites for hydroxylation is 1. The van der Waals surface area contributed by atoms with Gasteiger partial charge in [0, 0.05) is 25.3 Å². The Morgan fingerprint density at radius 3 is 2.73 bits per heavy atom. The van der Waals surface area contributed by atoms with Crippen LogP contribution < -0.4 is 16.2 Å². The summed E-state index contributed by atoms with van der Waals surface area (Å²) in [5, 5.41) is 6.07. The van der Waals surface area contributed by atoms with Crippen molar-refractivity contribution in [3.8, 4) is 0 Å². The van der Waals surface area contributed by atoms with E-state index < -0.39 is 0 Å². The normalized spacial score (nSPS) is 12.4. The molecule has 0 spiro atoms. The van der Waals surface area contributed by atoms with Gasteiger partial charge in [-0.1, -0.05) is 18.2 Å². The Labute approximate surface area is 134 Å². The topological polar surface area (TPSA) is 74.0 Å². The maximum atomic E-state index is 12.0. The Hall–Kier alpha value is -2.11. The van der Waals surface area contributed by atoms with E-state index in [0.29, 0.717) is 6.54 Å². The molecule has 1 amide bonds. The van der Waals surface area contributed by atoms with E-state index in [2.05, 4.69) is 27.8 Å². The van der Waals surface area contributed by atoms with Crippen LogP contribution >= 0.6 is 12.4 Å². The first-order valence-electron chi connectivity index (χ1n) is 6.93. The van der Waals surface area contributed by atoms with Crippen molar-refractivity contribution in [1.29, 1.82) is 0 Å². The van der Waals surface area contributed by atoms with Crippen LogP contribution in [0.5, 0.6) is 0 Å². The zero-order valence-electron chi connectivity index (χ0n) is 12.2. The summed E-state index contributed by atoms with van der Waals surface area (Å²) >= 11 is 0. The van der Waals surface area contributed by atoms with Gasteiger partial charge in [-0.2, -0.15) is 0 Å². The van der Waals surface area contributed by atoms with Crippen LogP contribution in [0.2, 0.25) is 0 Å². The van der Waals surface area contributed by atoms with E-state index in [1.165, 1.54) is 11.1 Å². The Kier molecular flexibility index (Phi) is 5.00. The molecule has 0 bridgehead atoms. The third kappa shape index (κ3) is 3.37. The van der Waals surface area contributed by atoms with Crippen molar-refractivity contribution in [2.75, 3.05) is 0 Å². The van der Waals surface area contributed by atoms with E-state index in [0.717, 1.165) is 24.3 Å². The molecule has 0 fully saturated rings. The number of benzene rings is 1. The highest BCUT2D eigenvalue weighted by molar-refractivity contribution is 5.93. The molecule has 1 aromatic carbocycles. The van der Waals surface area contributed by atoms with Gasteiger partial charge < -0.3 is 15.6 Å². The zero-order chi connectivity index (χ0) is 14.8. The van der Waals surface area contributed by atoms with Crippen LogP contribution in [-0.4, -0.2) is 10.9 Å². The van der Waals surface area contributed by atoms with Gasteiger partial charge >= 0.3 is 0 Å². The molecule has 3 rings (SSSR count). The van der Waals surface area contributed by atoms with Gasteiger partial charge in [0.15, 0.2) is 0 Å². The van der Waals surface area contributed by atoms with Gasteiger partial charge in [-0.3, -0.25) is 9.59 Å². The average Bonchev–Trinajstić information content (AvgIpc) is 2.92. The lowest BCUT2D eigenvalue weighted by atomic mass is 10.1. The number of nitrogens with one attached hydrogen (secondary N) is 3. The van der Waals surface area contributed by atoms with Crippen molar-refractivity contribution >= 4 is 18.3 Å². The van der Waals surface area contributed by atoms with E-state index in [-0.39, 0.29) is 29.4 Å². The summed E-state index contributed by atoms with van der Waals surface area (Å²) < 4.78 is 0. The van der Waals surface area contributed by atoms with Gasteiger partial charge in [0.2, 0.25) is 0 Å². The van der Waals surface area contributed by atoms with E-state index in [1.807, 2.05) is 6.07 Å². The van der Waals surface area contributed by atoms with E-state index in [9.17, 15) is 9.59 Å². The van der Waals surface area contributed by atoms with Crippen LogP contribution in [0.15, 0.2) is 35.1 Å². The second-order valence-electron chi connectivity index (χ2n) is 5.27. The summed E-state index contributed by atoms with van der Waals surface area (Å²) in [6.07, 6.45) is 0. The monoisotopic (exact) mass is 319 g/mol. The predicted octanol–water partition coefficient (Wildman–Crippen LogP) is 1.64. The van der Waals surface area contributed by atoms with E-state index >= 15 is 0 Å². The van der Waals surface area contributed by atoms with Crippen molar-refractivity contribution in [3.63, 3.8) is 0 Å². The molecule has 1 aliphatic rings. The fourth-order valence-electron chi connectivity index (χ4n) is 2.49. The van der Waals surface area contributed by atoms with Gasteiger partial charge in [0.25, 0.3) is 11.5 Å². The minimum Gasteiger partial charge on any atom is -0.348 e. The SMILES string of the molecule is Cc1ccc(C(=O)NCc2ccc3c(c2)CNC3)c(=O)[nH]1.Cl. The minimum absolute atomic E-state index is 0. The molecule has 2 aromatic rings. The third-order valence-electron chi connectivity index (χ3n) is 3.65. The molecule has 0 saturated carbocycles. The second-order valence-corrected chi connectivity index (χ2v) is 5.27. The molecular weight excluding hydrogens is 302 g/mol. The molecule has 0 aliphatic carbocycles. The second kappa shape index (κ2) is 6.77. The molecule has 0 radical (unpaired) electrons. The number of H-pyrrole nitrogens is 1. The van der Waals surface area contributed by atoms with Crippen LogP contribution in [0.3, 0.4) is 0 Å². The van der Waals surface area contributed by atoms with Crippen molar-refractivity contribution < 1.29 is 4.79 Å². The molecule has 2 heterocycles. The smallest absolute Gasteiger partial charge is 0.260 e. The summed E-state index contributed by atoms with van der Waals surface area (Å²) in [6, 6.07) is 9.45. The first kappa shape index (κ1) is 16.3. The molecule has 0 unspecified atom stereocenters. The molecule has 116 valence electrons. The molecule has 6 heteroatoms. The van der Waals surface area contributed by atoms with Gasteiger partial charge in [0.05, 0.1) is 0 Å².